The van der Waals surface area contributed by atoms with Crippen molar-refractivity contribution >= 4 is 15.7 Å². The number of hydrogen-bond acceptors (Lipinski definition) is 4. The predicted molar refractivity (Wildman–Crippen MR) is 68.5 cm³/mol. The fourth-order valence-corrected chi connectivity index (χ4v) is 2.80. The number of rotatable bonds is 4. The highest BCUT2D eigenvalue weighted by atomic mass is 32.2. The van der Waals surface area contributed by atoms with E-state index < -0.39 is 10.0 Å². The van der Waals surface area contributed by atoms with Gasteiger partial charge in [-0.3, -0.25) is 9.40 Å². The molecule has 0 unspecified atom stereocenters. The van der Waals surface area contributed by atoms with E-state index in [1.807, 2.05) is 6.07 Å². The van der Waals surface area contributed by atoms with Crippen molar-refractivity contribution in [2.75, 3.05) is 11.4 Å². The average molecular weight is 266 g/mol. The van der Waals surface area contributed by atoms with E-state index in [4.69, 9.17) is 5.73 Å². The van der Waals surface area contributed by atoms with Crippen LogP contribution in [0.4, 0.5) is 5.69 Å². The third kappa shape index (κ3) is 2.09. The van der Waals surface area contributed by atoms with Crippen LogP contribution in [0.25, 0.3) is 0 Å². The Bertz CT molecular complexity index is 622. The highest BCUT2D eigenvalue weighted by Gasteiger charge is 2.23. The van der Waals surface area contributed by atoms with E-state index in [0.29, 0.717) is 5.69 Å². The number of nitrogens with one attached hydrogen (secondary N) is 1. The number of benzene rings is 1. The summed E-state index contributed by atoms with van der Waals surface area (Å²) in [6, 6.07) is 7.12. The maximum Gasteiger partial charge on any atom is 0.267 e. The van der Waals surface area contributed by atoms with Gasteiger partial charge in [-0.25, -0.2) is 8.42 Å². The molecule has 0 amide bonds. The van der Waals surface area contributed by atoms with Crippen LogP contribution < -0.4 is 10.0 Å². The third-order valence-corrected chi connectivity index (χ3v) is 4.42. The second-order valence-corrected chi connectivity index (χ2v) is 5.71. The Kier molecular flexibility index (Phi) is 3.35. The molecule has 6 nitrogen and oxygen atoms in total. The van der Waals surface area contributed by atoms with Gasteiger partial charge in [-0.15, -0.1) is 0 Å². The van der Waals surface area contributed by atoms with Gasteiger partial charge in [0, 0.05) is 19.8 Å². The first-order chi connectivity index (χ1) is 8.57. The lowest BCUT2D eigenvalue weighted by molar-refractivity contribution is 0.594. The number of para-hydroxylation sites is 1. The summed E-state index contributed by atoms with van der Waals surface area (Å²) < 4.78 is 25.8. The van der Waals surface area contributed by atoms with E-state index in [0.717, 1.165) is 5.56 Å². The van der Waals surface area contributed by atoms with Crippen LogP contribution in [0.2, 0.25) is 0 Å². The summed E-state index contributed by atoms with van der Waals surface area (Å²) in [5.74, 6) is 0. The monoisotopic (exact) mass is 266 g/mol. The SMILES string of the molecule is CN(c1ccccc1CN)S(=O)(=O)c1cn[nH]c1. The molecule has 0 aliphatic rings. The summed E-state index contributed by atoms with van der Waals surface area (Å²) in [7, 11) is -2.10. The topological polar surface area (TPSA) is 92.1 Å². The van der Waals surface area contributed by atoms with Crippen LogP contribution >= 0.6 is 0 Å². The summed E-state index contributed by atoms with van der Waals surface area (Å²) in [6.45, 7) is 0.279. The van der Waals surface area contributed by atoms with Gasteiger partial charge in [0.25, 0.3) is 10.0 Å². The van der Waals surface area contributed by atoms with E-state index in [-0.39, 0.29) is 11.4 Å². The Hall–Kier alpha value is -1.86. The Morgan fingerprint density at radius 2 is 2.11 bits per heavy atom. The number of H-pyrrole nitrogens is 1. The van der Waals surface area contributed by atoms with Crippen LogP contribution in [-0.2, 0) is 16.6 Å². The molecule has 0 fully saturated rings. The van der Waals surface area contributed by atoms with Crippen molar-refractivity contribution in [3.63, 3.8) is 0 Å². The van der Waals surface area contributed by atoms with E-state index in [9.17, 15) is 8.42 Å². The molecule has 96 valence electrons. The molecule has 2 rings (SSSR count). The molecule has 0 saturated heterocycles. The smallest absolute Gasteiger partial charge is 0.267 e. The number of anilines is 1. The summed E-state index contributed by atoms with van der Waals surface area (Å²) in [6.07, 6.45) is 2.62. The zero-order valence-electron chi connectivity index (χ0n) is 9.87. The number of nitrogens with zero attached hydrogens (tertiary/aromatic N) is 2. The van der Waals surface area contributed by atoms with E-state index >= 15 is 0 Å². The van der Waals surface area contributed by atoms with Crippen molar-refractivity contribution in [3.8, 4) is 0 Å². The van der Waals surface area contributed by atoms with Gasteiger partial charge in [-0.05, 0) is 11.6 Å². The maximum atomic E-state index is 12.3. The lowest BCUT2D eigenvalue weighted by Crippen LogP contribution is -2.27. The van der Waals surface area contributed by atoms with Gasteiger partial charge in [0.1, 0.15) is 4.90 Å². The molecular formula is C11H14N4O2S. The molecule has 1 heterocycles. The maximum absolute atomic E-state index is 12.3. The Morgan fingerprint density at radius 1 is 1.39 bits per heavy atom. The van der Waals surface area contributed by atoms with E-state index in [1.165, 1.54) is 23.7 Å². The number of sulfonamides is 1. The predicted octanol–water partition coefficient (Wildman–Crippen LogP) is 0.694. The first-order valence-electron chi connectivity index (χ1n) is 5.33. The third-order valence-electron chi connectivity index (χ3n) is 2.68. The molecule has 7 heteroatoms. The average Bonchev–Trinajstić information content (AvgIpc) is 2.92. The zero-order chi connectivity index (χ0) is 13.2. The van der Waals surface area contributed by atoms with Crippen LogP contribution in [-0.4, -0.2) is 25.7 Å². The number of aromatic nitrogens is 2. The number of nitrogens with two attached hydrogens (primary N) is 1. The first-order valence-corrected chi connectivity index (χ1v) is 6.77. The summed E-state index contributed by atoms with van der Waals surface area (Å²) >= 11 is 0. The molecule has 0 bridgehead atoms. The van der Waals surface area contributed by atoms with E-state index in [2.05, 4.69) is 10.2 Å². The largest absolute Gasteiger partial charge is 0.326 e. The molecule has 0 atom stereocenters. The Balaban J connectivity index is 2.46. The second kappa shape index (κ2) is 4.79. The summed E-state index contributed by atoms with van der Waals surface area (Å²) in [4.78, 5) is 0.122. The van der Waals surface area contributed by atoms with Crippen molar-refractivity contribution in [2.24, 2.45) is 5.73 Å². The van der Waals surface area contributed by atoms with Crippen LogP contribution in [0.15, 0.2) is 41.6 Å². The van der Waals surface area contributed by atoms with Crippen LogP contribution in [0.3, 0.4) is 0 Å². The summed E-state index contributed by atoms with van der Waals surface area (Å²) in [5.41, 5.74) is 6.95. The molecule has 0 radical (unpaired) electrons. The fraction of sp³-hybridized carbons (Fsp3) is 0.182. The zero-order valence-corrected chi connectivity index (χ0v) is 10.7. The fourth-order valence-electron chi connectivity index (χ4n) is 1.66. The Morgan fingerprint density at radius 3 is 2.72 bits per heavy atom. The quantitative estimate of drug-likeness (QED) is 0.851. The van der Waals surface area contributed by atoms with Gasteiger partial charge in [0.2, 0.25) is 0 Å². The molecule has 0 aliphatic heterocycles. The standard InChI is InChI=1S/C11H14N4O2S/c1-15(11-5-3-2-4-9(11)6-12)18(16,17)10-7-13-14-8-10/h2-5,7-8H,6,12H2,1H3,(H,13,14). The van der Waals surface area contributed by atoms with Crippen molar-refractivity contribution in [3.05, 3.63) is 42.2 Å². The number of aromatic amines is 1. The van der Waals surface area contributed by atoms with Gasteiger partial charge in [0.15, 0.2) is 0 Å². The minimum absolute atomic E-state index is 0.122. The second-order valence-electron chi connectivity index (χ2n) is 3.74. The molecule has 3 N–H and O–H groups in total. The number of hydrogen-bond donors (Lipinski definition) is 2. The highest BCUT2D eigenvalue weighted by molar-refractivity contribution is 7.92. The molecular weight excluding hydrogens is 252 g/mol. The van der Waals surface area contributed by atoms with Crippen LogP contribution in [0, 0.1) is 0 Å². The van der Waals surface area contributed by atoms with Gasteiger partial charge >= 0.3 is 0 Å². The van der Waals surface area contributed by atoms with Crippen LogP contribution in [0.1, 0.15) is 5.56 Å². The molecule has 18 heavy (non-hydrogen) atoms. The van der Waals surface area contributed by atoms with Crippen molar-refractivity contribution in [2.45, 2.75) is 11.4 Å². The first kappa shape index (κ1) is 12.6. The molecule has 2 aromatic rings. The Labute approximate surface area is 105 Å². The van der Waals surface area contributed by atoms with E-state index in [1.54, 1.807) is 18.2 Å². The van der Waals surface area contributed by atoms with Crippen molar-refractivity contribution in [1.29, 1.82) is 0 Å². The lowest BCUT2D eigenvalue weighted by Gasteiger charge is -2.21. The minimum atomic E-state index is -3.60. The molecule has 0 saturated carbocycles. The molecule has 0 spiro atoms. The van der Waals surface area contributed by atoms with Crippen LogP contribution in [0.5, 0.6) is 0 Å². The lowest BCUT2D eigenvalue weighted by atomic mass is 10.2. The molecule has 0 aliphatic carbocycles. The highest BCUT2D eigenvalue weighted by Crippen LogP contribution is 2.24. The van der Waals surface area contributed by atoms with Gasteiger partial charge in [0.05, 0.1) is 11.9 Å². The minimum Gasteiger partial charge on any atom is -0.326 e. The van der Waals surface area contributed by atoms with Crippen molar-refractivity contribution in [1.82, 2.24) is 10.2 Å². The molecule has 1 aromatic carbocycles. The van der Waals surface area contributed by atoms with Gasteiger partial charge in [-0.2, -0.15) is 5.10 Å². The van der Waals surface area contributed by atoms with Gasteiger partial charge in [-0.1, -0.05) is 18.2 Å². The normalized spacial score (nSPS) is 11.4. The van der Waals surface area contributed by atoms with Gasteiger partial charge < -0.3 is 5.73 Å². The van der Waals surface area contributed by atoms with Crippen molar-refractivity contribution < 1.29 is 8.42 Å². The summed E-state index contributed by atoms with van der Waals surface area (Å²) in [5, 5.41) is 6.14. The molecule has 1 aromatic heterocycles.